The highest BCUT2D eigenvalue weighted by atomic mass is 19.1. The van der Waals surface area contributed by atoms with E-state index in [1.165, 1.54) is 12.1 Å². The topological polar surface area (TPSA) is 12.5 Å². The molecule has 0 aromatic heterocycles. The van der Waals surface area contributed by atoms with Gasteiger partial charge in [0.2, 0.25) is 0 Å². The lowest BCUT2D eigenvalue weighted by Gasteiger charge is -2.22. The third-order valence-electron chi connectivity index (χ3n) is 2.73. The molecule has 0 amide bonds. The van der Waals surface area contributed by atoms with Gasteiger partial charge in [-0.15, -0.1) is 0 Å². The van der Waals surface area contributed by atoms with Crippen LogP contribution in [0.2, 0.25) is 0 Å². The Morgan fingerprint density at radius 2 is 1.85 bits per heavy atom. The molecule has 0 unspecified atom stereocenters. The van der Waals surface area contributed by atoms with Crippen LogP contribution in [0.5, 0.6) is 0 Å². The molecule has 0 radical (unpaired) electrons. The Labute approximate surface area is 77.5 Å². The van der Waals surface area contributed by atoms with E-state index in [2.05, 4.69) is 13.8 Å². The van der Waals surface area contributed by atoms with E-state index in [-0.39, 0.29) is 11.2 Å². The van der Waals surface area contributed by atoms with E-state index in [0.29, 0.717) is 6.10 Å². The highest BCUT2D eigenvalue weighted by molar-refractivity contribution is 5.27. The predicted octanol–water partition coefficient (Wildman–Crippen LogP) is 2.50. The van der Waals surface area contributed by atoms with E-state index in [1.54, 1.807) is 0 Å². The van der Waals surface area contributed by atoms with Gasteiger partial charge >= 0.3 is 0 Å². The average molecular weight is 180 g/mol. The fraction of sp³-hybridized carbons (Fsp3) is 0.455. The zero-order valence-electron chi connectivity index (χ0n) is 7.88. The maximum Gasteiger partial charge on any atom is 0.123 e. The van der Waals surface area contributed by atoms with Crippen molar-refractivity contribution < 1.29 is 9.13 Å². The van der Waals surface area contributed by atoms with E-state index in [0.717, 1.165) is 12.2 Å². The van der Waals surface area contributed by atoms with E-state index >= 15 is 0 Å². The average Bonchev–Trinajstić information content (AvgIpc) is 2.87. The van der Waals surface area contributed by atoms with Gasteiger partial charge in [0, 0.05) is 5.41 Å². The molecule has 1 nitrogen and oxygen atoms in total. The van der Waals surface area contributed by atoms with Crippen LogP contribution in [0, 0.1) is 5.82 Å². The van der Waals surface area contributed by atoms with Crippen LogP contribution in [0.25, 0.3) is 0 Å². The highest BCUT2D eigenvalue weighted by Crippen LogP contribution is 2.35. The number of benzene rings is 1. The van der Waals surface area contributed by atoms with Crippen LogP contribution in [0.15, 0.2) is 24.3 Å². The number of halogens is 1. The molecule has 0 bridgehead atoms. The van der Waals surface area contributed by atoms with Crippen molar-refractivity contribution in [1.82, 2.24) is 0 Å². The van der Waals surface area contributed by atoms with Crippen molar-refractivity contribution in [1.29, 1.82) is 0 Å². The summed E-state index contributed by atoms with van der Waals surface area (Å²) in [6.45, 7) is 5.07. The summed E-state index contributed by atoms with van der Waals surface area (Å²) in [5.74, 6) is -0.184. The van der Waals surface area contributed by atoms with E-state index in [9.17, 15) is 4.39 Å². The van der Waals surface area contributed by atoms with Crippen molar-refractivity contribution >= 4 is 0 Å². The molecule has 0 aliphatic carbocycles. The third kappa shape index (κ3) is 1.59. The normalized spacial score (nSPS) is 21.6. The quantitative estimate of drug-likeness (QED) is 0.637. The van der Waals surface area contributed by atoms with Crippen molar-refractivity contribution in [2.45, 2.75) is 25.4 Å². The van der Waals surface area contributed by atoms with E-state index in [4.69, 9.17) is 4.74 Å². The van der Waals surface area contributed by atoms with Gasteiger partial charge in [-0.25, -0.2) is 4.39 Å². The minimum Gasteiger partial charge on any atom is -0.372 e. The van der Waals surface area contributed by atoms with Crippen molar-refractivity contribution in [2.75, 3.05) is 6.61 Å². The maximum atomic E-state index is 12.7. The molecule has 2 rings (SSSR count). The van der Waals surface area contributed by atoms with Crippen LogP contribution in [0.4, 0.5) is 4.39 Å². The third-order valence-corrected chi connectivity index (χ3v) is 2.73. The van der Waals surface area contributed by atoms with E-state index < -0.39 is 0 Å². The first-order valence-electron chi connectivity index (χ1n) is 4.48. The van der Waals surface area contributed by atoms with Crippen LogP contribution < -0.4 is 0 Å². The lowest BCUT2D eigenvalue weighted by molar-refractivity contribution is 0.319. The Bertz CT molecular complexity index is 298. The van der Waals surface area contributed by atoms with Gasteiger partial charge in [0.05, 0.1) is 12.7 Å². The molecular formula is C11H13FO. The molecule has 1 atom stereocenters. The van der Waals surface area contributed by atoms with Crippen molar-refractivity contribution in [2.24, 2.45) is 0 Å². The van der Waals surface area contributed by atoms with Crippen LogP contribution in [0.3, 0.4) is 0 Å². The molecule has 13 heavy (non-hydrogen) atoms. The largest absolute Gasteiger partial charge is 0.372 e. The molecule has 0 N–H and O–H groups in total. The maximum absolute atomic E-state index is 12.7. The molecule has 1 fully saturated rings. The second kappa shape index (κ2) is 2.81. The number of epoxide rings is 1. The Kier molecular flexibility index (Phi) is 1.88. The Morgan fingerprint density at radius 3 is 2.31 bits per heavy atom. The summed E-state index contributed by atoms with van der Waals surface area (Å²) in [5, 5.41) is 0. The summed E-state index contributed by atoms with van der Waals surface area (Å²) in [6, 6.07) is 6.66. The number of ether oxygens (including phenoxy) is 1. The molecule has 1 aromatic rings. The lowest BCUT2D eigenvalue weighted by Crippen LogP contribution is -2.24. The molecule has 1 heterocycles. The fourth-order valence-corrected chi connectivity index (χ4v) is 1.53. The van der Waals surface area contributed by atoms with Gasteiger partial charge in [-0.3, -0.25) is 0 Å². The summed E-state index contributed by atoms with van der Waals surface area (Å²) < 4.78 is 17.9. The molecule has 1 aliphatic heterocycles. The van der Waals surface area contributed by atoms with Gasteiger partial charge < -0.3 is 4.74 Å². The minimum atomic E-state index is -0.184. The Balaban J connectivity index is 2.28. The molecule has 70 valence electrons. The second-order valence-corrected chi connectivity index (χ2v) is 4.05. The van der Waals surface area contributed by atoms with Crippen LogP contribution in [0.1, 0.15) is 19.4 Å². The molecule has 0 saturated carbocycles. The van der Waals surface area contributed by atoms with Crippen molar-refractivity contribution in [3.63, 3.8) is 0 Å². The summed E-state index contributed by atoms with van der Waals surface area (Å²) >= 11 is 0. The van der Waals surface area contributed by atoms with Gasteiger partial charge in [-0.2, -0.15) is 0 Å². The molecule has 1 aromatic carbocycles. The van der Waals surface area contributed by atoms with Gasteiger partial charge in [-0.05, 0) is 17.7 Å². The predicted molar refractivity (Wildman–Crippen MR) is 49.2 cm³/mol. The summed E-state index contributed by atoms with van der Waals surface area (Å²) in [4.78, 5) is 0. The standard InChI is InChI=1S/C11H13FO/c1-11(2,10-7-13-10)8-3-5-9(12)6-4-8/h3-6,10H,7H2,1-2H3/t10-/m0/s1. The highest BCUT2D eigenvalue weighted by Gasteiger charge is 2.40. The van der Waals surface area contributed by atoms with Crippen LogP contribution in [-0.4, -0.2) is 12.7 Å². The Morgan fingerprint density at radius 1 is 1.31 bits per heavy atom. The Hall–Kier alpha value is -0.890. The molecule has 0 spiro atoms. The summed E-state index contributed by atoms with van der Waals surface area (Å²) in [5.41, 5.74) is 1.14. The monoisotopic (exact) mass is 180 g/mol. The smallest absolute Gasteiger partial charge is 0.123 e. The minimum absolute atomic E-state index is 0.00764. The fourth-order valence-electron chi connectivity index (χ4n) is 1.53. The van der Waals surface area contributed by atoms with Crippen LogP contribution in [-0.2, 0) is 10.2 Å². The first-order valence-corrected chi connectivity index (χ1v) is 4.48. The number of rotatable bonds is 2. The van der Waals surface area contributed by atoms with Gasteiger partial charge in [-0.1, -0.05) is 26.0 Å². The molecule has 2 heteroatoms. The summed E-state index contributed by atoms with van der Waals surface area (Å²) in [7, 11) is 0. The zero-order chi connectivity index (χ0) is 9.47. The van der Waals surface area contributed by atoms with Gasteiger partial charge in [0.1, 0.15) is 5.82 Å². The summed E-state index contributed by atoms with van der Waals surface area (Å²) in [6.07, 6.45) is 0.304. The first kappa shape index (κ1) is 8.70. The van der Waals surface area contributed by atoms with Crippen molar-refractivity contribution in [3.8, 4) is 0 Å². The first-order chi connectivity index (χ1) is 6.10. The van der Waals surface area contributed by atoms with Crippen molar-refractivity contribution in [3.05, 3.63) is 35.6 Å². The number of hydrogen-bond donors (Lipinski definition) is 0. The van der Waals surface area contributed by atoms with Gasteiger partial charge in [0.25, 0.3) is 0 Å². The number of hydrogen-bond acceptors (Lipinski definition) is 1. The molecule has 1 saturated heterocycles. The lowest BCUT2D eigenvalue weighted by atomic mass is 9.82. The molecule has 1 aliphatic rings. The van der Waals surface area contributed by atoms with Gasteiger partial charge in [0.15, 0.2) is 0 Å². The molecular weight excluding hydrogens is 167 g/mol. The zero-order valence-corrected chi connectivity index (χ0v) is 7.88. The second-order valence-electron chi connectivity index (χ2n) is 4.05. The van der Waals surface area contributed by atoms with Crippen LogP contribution >= 0.6 is 0 Å². The SMILES string of the molecule is CC(C)(c1ccc(F)cc1)[C@@H]1CO1. The van der Waals surface area contributed by atoms with E-state index in [1.807, 2.05) is 12.1 Å².